The van der Waals surface area contributed by atoms with Crippen LogP contribution in [0.5, 0.6) is 0 Å². The zero-order chi connectivity index (χ0) is 13.1. The number of alkyl halides is 1. The Bertz CT molecular complexity index is 376. The molecule has 0 bridgehead atoms. The van der Waals surface area contributed by atoms with E-state index in [9.17, 15) is 4.39 Å². The van der Waals surface area contributed by atoms with Crippen molar-refractivity contribution in [1.82, 2.24) is 0 Å². The highest BCUT2D eigenvalue weighted by atomic mass is 19.1. The van der Waals surface area contributed by atoms with Gasteiger partial charge in [-0.2, -0.15) is 0 Å². The molecule has 1 heteroatoms. The summed E-state index contributed by atoms with van der Waals surface area (Å²) >= 11 is 0. The number of hydrogen-bond donors (Lipinski definition) is 0. The van der Waals surface area contributed by atoms with Crippen LogP contribution < -0.4 is 0 Å². The lowest BCUT2D eigenvalue weighted by molar-refractivity contribution is 0.636. The lowest BCUT2D eigenvalue weighted by Crippen LogP contribution is -1.76. The molecule has 0 aliphatic heterocycles. The summed E-state index contributed by atoms with van der Waals surface area (Å²) in [6, 6.07) is 19.0. The molecule has 2 aromatic carbocycles. The molecule has 0 N–H and O–H groups in total. The average molecular weight is 232 g/mol. The highest BCUT2D eigenvalue weighted by Crippen LogP contribution is 2.18. The van der Waals surface area contributed by atoms with Gasteiger partial charge in [0.25, 0.3) is 0 Å². The second kappa shape index (κ2) is 9.59. The highest BCUT2D eigenvalue weighted by Gasteiger charge is 1.93. The van der Waals surface area contributed by atoms with Gasteiger partial charge < -0.3 is 0 Å². The number of hydrogen-bond acceptors (Lipinski definition) is 0. The second-order valence-corrected chi connectivity index (χ2v) is 3.23. The first-order valence-electron chi connectivity index (χ1n) is 5.86. The first kappa shape index (κ1) is 15.4. The summed E-state index contributed by atoms with van der Waals surface area (Å²) in [4.78, 5) is 0. The first-order valence-corrected chi connectivity index (χ1v) is 5.86. The van der Waals surface area contributed by atoms with Gasteiger partial charge in [-0.3, -0.25) is 4.39 Å². The van der Waals surface area contributed by atoms with Crippen molar-refractivity contribution in [3.63, 3.8) is 0 Å². The Morgan fingerprint density at radius 3 is 1.53 bits per heavy atom. The molecule has 0 radical (unpaired) electrons. The fourth-order valence-electron chi connectivity index (χ4n) is 1.38. The fraction of sp³-hybridized carbons (Fsp3) is 0.250. The molecule has 2 rings (SSSR count). The van der Waals surface area contributed by atoms with Crippen molar-refractivity contribution in [3.05, 3.63) is 60.2 Å². The number of rotatable bonds is 1. The summed E-state index contributed by atoms with van der Waals surface area (Å²) in [5.41, 5.74) is 3.87. The zero-order valence-electron chi connectivity index (χ0n) is 11.1. The average Bonchev–Trinajstić information content (AvgIpc) is 2.45. The minimum atomic E-state index is 0.500. The van der Waals surface area contributed by atoms with Crippen molar-refractivity contribution in [3.8, 4) is 11.1 Å². The minimum absolute atomic E-state index is 0.500. The van der Waals surface area contributed by atoms with E-state index >= 15 is 0 Å². The topological polar surface area (TPSA) is 0 Å². The van der Waals surface area contributed by atoms with E-state index in [1.54, 1.807) is 0 Å². The third-order valence-corrected chi connectivity index (χ3v) is 2.16. The van der Waals surface area contributed by atoms with Gasteiger partial charge in [0, 0.05) is 0 Å². The molecular weight excluding hydrogens is 211 g/mol. The van der Waals surface area contributed by atoms with Crippen molar-refractivity contribution in [1.29, 1.82) is 0 Å². The quantitative estimate of drug-likeness (QED) is 0.628. The van der Waals surface area contributed by atoms with Gasteiger partial charge in [-0.1, -0.05) is 74.0 Å². The minimum Gasteiger partial charge on any atom is -0.255 e. The van der Waals surface area contributed by atoms with Gasteiger partial charge in [-0.25, -0.2) is 0 Å². The summed E-state index contributed by atoms with van der Waals surface area (Å²) in [6.07, 6.45) is 0. The summed E-state index contributed by atoms with van der Waals surface area (Å²) in [5.74, 6) is 0. The fourth-order valence-corrected chi connectivity index (χ4v) is 1.38. The summed E-state index contributed by atoms with van der Waals surface area (Å²) in [5, 5.41) is 0. The van der Waals surface area contributed by atoms with E-state index in [1.165, 1.54) is 16.7 Å². The Balaban J connectivity index is 0.000000581. The Labute approximate surface area is 104 Å². The van der Waals surface area contributed by atoms with Crippen LogP contribution in [0.1, 0.15) is 19.4 Å². The van der Waals surface area contributed by atoms with Gasteiger partial charge in [-0.05, 0) is 18.1 Å². The van der Waals surface area contributed by atoms with Crippen LogP contribution in [0.3, 0.4) is 0 Å². The third kappa shape index (κ3) is 5.30. The Hall–Kier alpha value is -1.63. The van der Waals surface area contributed by atoms with E-state index in [-0.39, 0.29) is 0 Å². The molecule has 0 amide bonds. The van der Waals surface area contributed by atoms with Crippen LogP contribution in [0.25, 0.3) is 11.1 Å². The first-order chi connectivity index (χ1) is 8.36. The second-order valence-electron chi connectivity index (χ2n) is 3.23. The highest BCUT2D eigenvalue weighted by molar-refractivity contribution is 5.63. The van der Waals surface area contributed by atoms with Crippen molar-refractivity contribution in [2.24, 2.45) is 0 Å². The number of benzene rings is 2. The molecule has 0 spiro atoms. The van der Waals surface area contributed by atoms with E-state index < -0.39 is 0 Å². The van der Waals surface area contributed by atoms with E-state index in [0.717, 1.165) is 0 Å². The molecule has 2 aromatic rings. The molecule has 0 atom stereocenters. The van der Waals surface area contributed by atoms with Crippen LogP contribution >= 0.6 is 0 Å². The van der Waals surface area contributed by atoms with Crippen LogP contribution in [0.4, 0.5) is 4.39 Å². The molecule has 92 valence electrons. The van der Waals surface area contributed by atoms with Crippen LogP contribution in [0.15, 0.2) is 54.6 Å². The van der Waals surface area contributed by atoms with Gasteiger partial charge in [-0.15, -0.1) is 0 Å². The predicted molar refractivity (Wildman–Crippen MR) is 75.0 cm³/mol. The lowest BCUT2D eigenvalue weighted by Gasteiger charge is -2.00. The van der Waals surface area contributed by atoms with Crippen molar-refractivity contribution in [2.45, 2.75) is 20.8 Å². The van der Waals surface area contributed by atoms with Crippen molar-refractivity contribution < 1.29 is 4.39 Å². The van der Waals surface area contributed by atoms with E-state index in [2.05, 4.69) is 55.5 Å². The molecule has 0 fully saturated rings. The molecule has 0 saturated carbocycles. The van der Waals surface area contributed by atoms with Gasteiger partial charge in [0.2, 0.25) is 0 Å². The zero-order valence-corrected chi connectivity index (χ0v) is 11.1. The predicted octanol–water partition coefficient (Wildman–Crippen LogP) is 5.27. The summed E-state index contributed by atoms with van der Waals surface area (Å²) < 4.78 is 9.50. The van der Waals surface area contributed by atoms with Crippen LogP contribution in [-0.2, 0) is 0 Å². The van der Waals surface area contributed by atoms with Crippen LogP contribution in [0, 0.1) is 6.92 Å². The summed E-state index contributed by atoms with van der Waals surface area (Å²) in [7, 11) is 0.500. The largest absolute Gasteiger partial charge is 0.255 e. The molecule has 0 saturated heterocycles. The molecule has 17 heavy (non-hydrogen) atoms. The van der Waals surface area contributed by atoms with Gasteiger partial charge in [0.1, 0.15) is 0 Å². The molecule has 0 heterocycles. The van der Waals surface area contributed by atoms with E-state index in [1.807, 2.05) is 19.9 Å². The standard InChI is InChI=1S/C13H12.C2H6.CH3F/c1-11-7-9-13(10-8-11)12-5-3-2-4-6-12;2*1-2/h2-10H,1H3;1-2H3;1H3. The Kier molecular flexibility index (Phi) is 8.67. The normalized spacial score (nSPS) is 8.29. The lowest BCUT2D eigenvalue weighted by atomic mass is 10.0. The van der Waals surface area contributed by atoms with Crippen LogP contribution in [-0.4, -0.2) is 7.18 Å². The molecule has 0 nitrogen and oxygen atoms in total. The monoisotopic (exact) mass is 232 g/mol. The number of aryl methyl sites for hydroxylation is 1. The van der Waals surface area contributed by atoms with Crippen molar-refractivity contribution >= 4 is 0 Å². The Morgan fingerprint density at radius 1 is 0.647 bits per heavy atom. The Morgan fingerprint density at radius 2 is 1.06 bits per heavy atom. The SMILES string of the molecule is CC.CF.Cc1ccc(-c2ccccc2)cc1. The molecule has 0 aliphatic carbocycles. The maximum atomic E-state index is 9.50. The number of halogens is 1. The van der Waals surface area contributed by atoms with Gasteiger partial charge in [0.05, 0.1) is 7.18 Å². The van der Waals surface area contributed by atoms with Gasteiger partial charge in [0.15, 0.2) is 0 Å². The molecule has 0 aromatic heterocycles. The maximum Gasteiger partial charge on any atom is 0.0785 e. The maximum absolute atomic E-state index is 9.50. The third-order valence-electron chi connectivity index (χ3n) is 2.16. The van der Waals surface area contributed by atoms with E-state index in [0.29, 0.717) is 7.18 Å². The van der Waals surface area contributed by atoms with Crippen LogP contribution in [0.2, 0.25) is 0 Å². The molecule has 0 unspecified atom stereocenters. The molecule has 0 aliphatic rings. The van der Waals surface area contributed by atoms with E-state index in [4.69, 9.17) is 0 Å². The summed E-state index contributed by atoms with van der Waals surface area (Å²) in [6.45, 7) is 6.11. The molecular formula is C16H21F. The van der Waals surface area contributed by atoms with Crippen molar-refractivity contribution in [2.75, 3.05) is 7.18 Å². The van der Waals surface area contributed by atoms with Gasteiger partial charge >= 0.3 is 0 Å². The smallest absolute Gasteiger partial charge is 0.0785 e.